The molecule has 0 radical (unpaired) electrons. The van der Waals surface area contributed by atoms with Crippen LogP contribution in [0.25, 0.3) is 0 Å². The van der Waals surface area contributed by atoms with E-state index in [1.54, 1.807) is 14.0 Å². The van der Waals surface area contributed by atoms with Gasteiger partial charge in [-0.3, -0.25) is 0 Å². The summed E-state index contributed by atoms with van der Waals surface area (Å²) >= 11 is 0. The van der Waals surface area contributed by atoms with Crippen molar-refractivity contribution in [3.63, 3.8) is 0 Å². The lowest BCUT2D eigenvalue weighted by atomic mass is 9.88. The molecule has 0 aromatic heterocycles. The number of hydrogen-bond donors (Lipinski definition) is 1. The molecule has 1 aliphatic rings. The molecule has 3 unspecified atom stereocenters. The van der Waals surface area contributed by atoms with Crippen molar-refractivity contribution in [1.29, 1.82) is 0 Å². The molecule has 0 heterocycles. The van der Waals surface area contributed by atoms with Crippen molar-refractivity contribution >= 4 is 0 Å². The lowest BCUT2D eigenvalue weighted by Gasteiger charge is -2.36. The number of ether oxygens (including phenoxy) is 2. The molecule has 1 N–H and O–H groups in total. The molecule has 1 fully saturated rings. The summed E-state index contributed by atoms with van der Waals surface area (Å²) in [5.74, 6) is 0.363. The van der Waals surface area contributed by atoms with Crippen LogP contribution in [0, 0.1) is 5.92 Å². The Bertz CT molecular complexity index is 250. The SMILES string of the molecule is C=C(C)C(O)OC1(C(C)C)CCC(OC)C1. The van der Waals surface area contributed by atoms with Gasteiger partial charge in [-0.1, -0.05) is 20.4 Å². The van der Waals surface area contributed by atoms with Crippen LogP contribution in [0.1, 0.15) is 40.0 Å². The van der Waals surface area contributed by atoms with Gasteiger partial charge < -0.3 is 14.6 Å². The number of aliphatic hydroxyl groups is 1. The normalized spacial score (nSPS) is 32.0. The Kier molecular flexibility index (Phi) is 4.53. The van der Waals surface area contributed by atoms with Crippen molar-refractivity contribution in [3.8, 4) is 0 Å². The maximum Gasteiger partial charge on any atom is 0.177 e. The van der Waals surface area contributed by atoms with Crippen LogP contribution in [0.15, 0.2) is 12.2 Å². The second kappa shape index (κ2) is 5.30. The van der Waals surface area contributed by atoms with Crippen LogP contribution in [-0.4, -0.2) is 30.2 Å². The highest BCUT2D eigenvalue weighted by Crippen LogP contribution is 2.41. The fourth-order valence-electron chi connectivity index (χ4n) is 2.29. The summed E-state index contributed by atoms with van der Waals surface area (Å²) in [5, 5.41) is 9.80. The van der Waals surface area contributed by atoms with E-state index in [4.69, 9.17) is 9.47 Å². The summed E-state index contributed by atoms with van der Waals surface area (Å²) in [6.07, 6.45) is 2.18. The maximum absolute atomic E-state index is 9.80. The maximum atomic E-state index is 9.80. The monoisotopic (exact) mass is 228 g/mol. The standard InChI is InChI=1S/C13H24O3/c1-9(2)12(14)16-13(10(3)4)7-6-11(8-13)15-5/h10-12,14H,1,6-8H2,2-5H3. The van der Waals surface area contributed by atoms with E-state index >= 15 is 0 Å². The minimum Gasteiger partial charge on any atom is -0.381 e. The van der Waals surface area contributed by atoms with Gasteiger partial charge in [-0.15, -0.1) is 0 Å². The Labute approximate surface area is 98.4 Å². The van der Waals surface area contributed by atoms with Crippen molar-refractivity contribution in [1.82, 2.24) is 0 Å². The van der Waals surface area contributed by atoms with E-state index in [9.17, 15) is 5.11 Å². The molecule has 0 aliphatic heterocycles. The molecule has 0 spiro atoms. The summed E-state index contributed by atoms with van der Waals surface area (Å²) in [4.78, 5) is 0. The van der Waals surface area contributed by atoms with Gasteiger partial charge >= 0.3 is 0 Å². The Morgan fingerprint density at radius 2 is 2.12 bits per heavy atom. The highest BCUT2D eigenvalue weighted by Gasteiger charge is 2.44. The van der Waals surface area contributed by atoms with Gasteiger partial charge in [0.2, 0.25) is 0 Å². The van der Waals surface area contributed by atoms with Crippen molar-refractivity contribution in [2.45, 2.75) is 58.0 Å². The fourth-order valence-corrected chi connectivity index (χ4v) is 2.29. The highest BCUT2D eigenvalue weighted by molar-refractivity contribution is 4.99. The minimum atomic E-state index is -0.863. The summed E-state index contributed by atoms with van der Waals surface area (Å²) in [5.41, 5.74) is 0.389. The van der Waals surface area contributed by atoms with E-state index < -0.39 is 6.29 Å². The quantitative estimate of drug-likeness (QED) is 0.580. The highest BCUT2D eigenvalue weighted by atomic mass is 16.6. The zero-order chi connectivity index (χ0) is 12.3. The molecule has 0 amide bonds. The molecule has 3 atom stereocenters. The Morgan fingerprint density at radius 1 is 1.50 bits per heavy atom. The first-order chi connectivity index (χ1) is 7.41. The van der Waals surface area contributed by atoms with Crippen molar-refractivity contribution in [2.24, 2.45) is 5.92 Å². The smallest absolute Gasteiger partial charge is 0.177 e. The zero-order valence-corrected chi connectivity index (χ0v) is 10.8. The second-order valence-electron chi connectivity index (χ2n) is 5.14. The van der Waals surface area contributed by atoms with Crippen LogP contribution >= 0.6 is 0 Å². The third kappa shape index (κ3) is 2.84. The molecule has 0 aromatic rings. The lowest BCUT2D eigenvalue weighted by Crippen LogP contribution is -2.40. The summed E-state index contributed by atoms with van der Waals surface area (Å²) in [6, 6.07) is 0. The number of aliphatic hydroxyl groups excluding tert-OH is 1. The Morgan fingerprint density at radius 3 is 2.50 bits per heavy atom. The molecular weight excluding hydrogens is 204 g/mol. The zero-order valence-electron chi connectivity index (χ0n) is 10.8. The van der Waals surface area contributed by atoms with Gasteiger partial charge in [-0.05, 0) is 31.3 Å². The van der Waals surface area contributed by atoms with Crippen molar-refractivity contribution < 1.29 is 14.6 Å². The van der Waals surface area contributed by atoms with E-state index in [1.165, 1.54) is 0 Å². The lowest BCUT2D eigenvalue weighted by molar-refractivity contribution is -0.184. The second-order valence-corrected chi connectivity index (χ2v) is 5.14. The van der Waals surface area contributed by atoms with E-state index in [1.807, 2.05) is 0 Å². The first-order valence-electron chi connectivity index (χ1n) is 5.95. The topological polar surface area (TPSA) is 38.7 Å². The largest absolute Gasteiger partial charge is 0.381 e. The molecule has 1 aliphatic carbocycles. The Hall–Kier alpha value is -0.380. The van der Waals surface area contributed by atoms with Crippen LogP contribution in [0.3, 0.4) is 0 Å². The van der Waals surface area contributed by atoms with Crippen LogP contribution < -0.4 is 0 Å². The van der Waals surface area contributed by atoms with E-state index in [0.29, 0.717) is 11.5 Å². The van der Waals surface area contributed by atoms with Crippen LogP contribution in [0.2, 0.25) is 0 Å². The van der Waals surface area contributed by atoms with Crippen molar-refractivity contribution in [2.75, 3.05) is 7.11 Å². The molecule has 0 aromatic carbocycles. The average Bonchev–Trinajstić information content (AvgIpc) is 2.62. The molecule has 0 saturated heterocycles. The van der Waals surface area contributed by atoms with Gasteiger partial charge in [0, 0.05) is 13.5 Å². The number of rotatable bonds is 5. The van der Waals surface area contributed by atoms with Crippen molar-refractivity contribution in [3.05, 3.63) is 12.2 Å². The molecule has 3 nitrogen and oxygen atoms in total. The van der Waals surface area contributed by atoms with Gasteiger partial charge in [0.1, 0.15) is 0 Å². The van der Waals surface area contributed by atoms with Gasteiger partial charge in [-0.25, -0.2) is 0 Å². The predicted molar refractivity (Wildman–Crippen MR) is 64.1 cm³/mol. The average molecular weight is 228 g/mol. The molecule has 1 rings (SSSR count). The minimum absolute atomic E-state index is 0.250. The summed E-state index contributed by atoms with van der Waals surface area (Å²) in [7, 11) is 1.73. The molecule has 0 bridgehead atoms. The first-order valence-corrected chi connectivity index (χ1v) is 5.95. The number of hydrogen-bond acceptors (Lipinski definition) is 3. The fraction of sp³-hybridized carbons (Fsp3) is 0.846. The molecule has 3 heteroatoms. The summed E-state index contributed by atoms with van der Waals surface area (Å²) in [6.45, 7) is 9.76. The third-order valence-electron chi connectivity index (χ3n) is 3.62. The number of methoxy groups -OCH3 is 1. The van der Waals surface area contributed by atoms with Crippen LogP contribution in [0.5, 0.6) is 0 Å². The first kappa shape index (κ1) is 13.7. The third-order valence-corrected chi connectivity index (χ3v) is 3.62. The van der Waals surface area contributed by atoms with Gasteiger partial charge in [0.05, 0.1) is 11.7 Å². The van der Waals surface area contributed by atoms with Gasteiger partial charge in [0.15, 0.2) is 6.29 Å². The Balaban J connectivity index is 2.71. The molecule has 94 valence electrons. The molecular formula is C13H24O3. The summed E-state index contributed by atoms with van der Waals surface area (Å²) < 4.78 is 11.2. The van der Waals surface area contributed by atoms with Crippen LogP contribution in [-0.2, 0) is 9.47 Å². The molecule has 16 heavy (non-hydrogen) atoms. The van der Waals surface area contributed by atoms with Gasteiger partial charge in [-0.2, -0.15) is 0 Å². The van der Waals surface area contributed by atoms with E-state index in [-0.39, 0.29) is 11.7 Å². The van der Waals surface area contributed by atoms with E-state index in [2.05, 4.69) is 20.4 Å². The van der Waals surface area contributed by atoms with Crippen LogP contribution in [0.4, 0.5) is 0 Å². The van der Waals surface area contributed by atoms with Gasteiger partial charge in [0.25, 0.3) is 0 Å². The predicted octanol–water partition coefficient (Wildman–Crippen LogP) is 2.49. The molecule has 1 saturated carbocycles. The van der Waals surface area contributed by atoms with E-state index in [0.717, 1.165) is 19.3 Å².